The van der Waals surface area contributed by atoms with Crippen LogP contribution in [0, 0.1) is 29.6 Å². The van der Waals surface area contributed by atoms with Crippen molar-refractivity contribution in [3.63, 3.8) is 0 Å². The lowest BCUT2D eigenvalue weighted by atomic mass is 9.90. The fourth-order valence-electron chi connectivity index (χ4n) is 10.1. The van der Waals surface area contributed by atoms with Crippen molar-refractivity contribution in [3.8, 4) is 33.6 Å². The number of amides is 3. The summed E-state index contributed by atoms with van der Waals surface area (Å²) in [6.07, 6.45) is 7.88. The first-order valence-corrected chi connectivity index (χ1v) is 21.4. The summed E-state index contributed by atoms with van der Waals surface area (Å²) < 4.78 is 9.76. The van der Waals surface area contributed by atoms with Crippen molar-refractivity contribution in [1.29, 1.82) is 0 Å². The smallest absolute Gasteiger partial charge is 0.407 e. The fourth-order valence-corrected chi connectivity index (χ4v) is 10.1. The molecule has 2 aromatic carbocycles. The molecule has 0 spiro atoms. The number of esters is 1. The number of carbonyl (C=O) groups is 4. The molecule has 3 amide bonds. The number of aromatic amines is 2. The predicted octanol–water partition coefficient (Wildman–Crippen LogP) is 7.16. The molecule has 0 bridgehead atoms. The van der Waals surface area contributed by atoms with Gasteiger partial charge in [0.25, 0.3) is 0 Å². The number of hydrogen-bond donors (Lipinski definition) is 3. The zero-order valence-corrected chi connectivity index (χ0v) is 34.8. The lowest BCUT2D eigenvalue weighted by Crippen LogP contribution is -2.52. The maximum atomic E-state index is 14.1. The topological polar surface area (TPSA) is 163 Å². The molecule has 4 aromatic rings. The van der Waals surface area contributed by atoms with Gasteiger partial charge < -0.3 is 34.6 Å². The second-order valence-electron chi connectivity index (χ2n) is 18.0. The van der Waals surface area contributed by atoms with Gasteiger partial charge >= 0.3 is 12.1 Å². The SMILES string of the molecule is COC(=O)C[C@H](C(=O)N1[C@@H]2C[C@@H]2C[C@H]1c1nc2c([nH]1)CCCc1cc(-c3ccc(-c4cnc([C@@H]5C[C@H]6C[C@H]6N5C(=O)[C@@H](NC(=O)OC)C(C)C)[nH]4)cc3)ccc1-2)C(C)C. The summed E-state index contributed by atoms with van der Waals surface area (Å²) in [7, 11) is 2.68. The molecule has 5 aliphatic rings. The number of hydrogen-bond acceptors (Lipinski definition) is 8. The minimum absolute atomic E-state index is 0.0175. The average molecular weight is 802 g/mol. The van der Waals surface area contributed by atoms with Crippen molar-refractivity contribution < 1.29 is 28.7 Å². The van der Waals surface area contributed by atoms with E-state index in [-0.39, 0.29) is 60.2 Å². The van der Waals surface area contributed by atoms with E-state index in [0.29, 0.717) is 11.8 Å². The number of alkyl carbamates (subject to hydrolysis) is 1. The number of aryl methyl sites for hydroxylation is 2. The van der Waals surface area contributed by atoms with Crippen molar-refractivity contribution in [2.45, 2.75) is 109 Å². The molecule has 2 aliphatic heterocycles. The highest BCUT2D eigenvalue weighted by Crippen LogP contribution is 2.55. The number of aromatic nitrogens is 4. The third kappa shape index (κ3) is 7.20. The van der Waals surface area contributed by atoms with Gasteiger partial charge in [-0.25, -0.2) is 14.8 Å². The fraction of sp³-hybridized carbons (Fsp3) is 0.522. The lowest BCUT2D eigenvalue weighted by molar-refractivity contribution is -0.149. The van der Waals surface area contributed by atoms with Crippen molar-refractivity contribution in [1.82, 2.24) is 35.1 Å². The van der Waals surface area contributed by atoms with Gasteiger partial charge in [-0.3, -0.25) is 14.4 Å². The zero-order chi connectivity index (χ0) is 41.3. The van der Waals surface area contributed by atoms with E-state index < -0.39 is 18.1 Å². The minimum atomic E-state index is -0.674. The molecule has 59 heavy (non-hydrogen) atoms. The second kappa shape index (κ2) is 15.3. The lowest BCUT2D eigenvalue weighted by Gasteiger charge is -2.31. The van der Waals surface area contributed by atoms with Gasteiger partial charge in [0.05, 0.1) is 56.2 Å². The Morgan fingerprint density at radius 3 is 2.10 bits per heavy atom. The van der Waals surface area contributed by atoms with Crippen LogP contribution < -0.4 is 5.32 Å². The molecular formula is C46H55N7O6. The monoisotopic (exact) mass is 801 g/mol. The number of nitrogens with zero attached hydrogens (tertiary/aromatic N) is 4. The average Bonchev–Trinajstić information content (AvgIpc) is 3.90. The summed E-state index contributed by atoms with van der Waals surface area (Å²) in [5.74, 6) is 1.64. The number of nitrogens with one attached hydrogen (secondary N) is 3. The number of rotatable bonds is 11. The number of H-pyrrole nitrogens is 2. The first-order chi connectivity index (χ1) is 28.4. The molecule has 0 unspecified atom stereocenters. The molecule has 2 saturated heterocycles. The molecule has 0 radical (unpaired) electrons. The van der Waals surface area contributed by atoms with Gasteiger partial charge in [0.15, 0.2) is 0 Å². The maximum absolute atomic E-state index is 14.1. The van der Waals surface area contributed by atoms with Gasteiger partial charge in [0, 0.05) is 23.3 Å². The van der Waals surface area contributed by atoms with Crippen LogP contribution in [0.25, 0.3) is 33.6 Å². The van der Waals surface area contributed by atoms with E-state index in [9.17, 15) is 19.2 Å². The Morgan fingerprint density at radius 1 is 0.780 bits per heavy atom. The van der Waals surface area contributed by atoms with Gasteiger partial charge in [-0.1, -0.05) is 70.2 Å². The molecule has 2 saturated carbocycles. The molecule has 3 aliphatic carbocycles. The number of likely N-dealkylation sites (tertiary alicyclic amines) is 2. The van der Waals surface area contributed by atoms with Gasteiger partial charge in [-0.05, 0) is 90.9 Å². The van der Waals surface area contributed by atoms with Crippen molar-refractivity contribution in [2.75, 3.05) is 14.2 Å². The van der Waals surface area contributed by atoms with Gasteiger partial charge in [0.1, 0.15) is 17.7 Å². The Labute approximate surface area is 345 Å². The van der Waals surface area contributed by atoms with Crippen molar-refractivity contribution in [3.05, 3.63) is 71.6 Å². The molecular weight excluding hydrogens is 747 g/mol. The van der Waals surface area contributed by atoms with Crippen molar-refractivity contribution >= 4 is 23.9 Å². The molecule has 4 heterocycles. The van der Waals surface area contributed by atoms with Crippen LogP contribution in [0.2, 0.25) is 0 Å². The summed E-state index contributed by atoms with van der Waals surface area (Å²) in [5.41, 5.74) is 8.64. The van der Waals surface area contributed by atoms with Crippen LogP contribution in [0.5, 0.6) is 0 Å². The molecule has 8 atom stereocenters. The summed E-state index contributed by atoms with van der Waals surface area (Å²) in [5, 5.41) is 2.75. The molecule has 310 valence electrons. The highest BCUT2D eigenvalue weighted by atomic mass is 16.5. The van der Waals surface area contributed by atoms with Crippen LogP contribution in [0.4, 0.5) is 4.79 Å². The third-order valence-electron chi connectivity index (χ3n) is 13.6. The number of piperidine rings is 2. The van der Waals surface area contributed by atoms with Crippen LogP contribution in [-0.2, 0) is 36.7 Å². The second-order valence-corrected chi connectivity index (χ2v) is 18.0. The first-order valence-electron chi connectivity index (χ1n) is 21.4. The Balaban J connectivity index is 0.914. The largest absolute Gasteiger partial charge is 0.469 e. The summed E-state index contributed by atoms with van der Waals surface area (Å²) >= 11 is 0. The highest BCUT2D eigenvalue weighted by Gasteiger charge is 2.57. The number of ether oxygens (including phenoxy) is 2. The van der Waals surface area contributed by atoms with Crippen LogP contribution in [-0.4, -0.2) is 86.0 Å². The van der Waals surface area contributed by atoms with E-state index in [1.165, 1.54) is 19.8 Å². The summed E-state index contributed by atoms with van der Waals surface area (Å²) in [6.45, 7) is 7.86. The summed E-state index contributed by atoms with van der Waals surface area (Å²) in [4.78, 5) is 73.4. The number of fused-ring (bicyclic) bond motifs is 5. The quantitative estimate of drug-likeness (QED) is 0.135. The Bertz CT molecular complexity index is 2280. The minimum Gasteiger partial charge on any atom is -0.469 e. The number of carbonyl (C=O) groups excluding carboxylic acids is 4. The normalized spacial score (nSPS) is 24.7. The highest BCUT2D eigenvalue weighted by molar-refractivity contribution is 5.87. The Kier molecular flexibility index (Phi) is 10.1. The molecule has 13 nitrogen and oxygen atoms in total. The molecule has 9 rings (SSSR count). The van der Waals surface area contributed by atoms with Gasteiger partial charge in [-0.2, -0.15) is 0 Å². The van der Waals surface area contributed by atoms with Gasteiger partial charge in [-0.15, -0.1) is 0 Å². The summed E-state index contributed by atoms with van der Waals surface area (Å²) in [6, 6.07) is 14.6. The van der Waals surface area contributed by atoms with E-state index in [2.05, 4.69) is 57.7 Å². The standard InChI is InChI=1S/C46H55N7O6/c1-23(2)32(21-39(54)58-5)44(55)52-35-17-30(35)20-38(52)43-48-33-9-7-8-28-16-27(14-15-31(28)41(33)50-43)25-10-12-26(13-11-25)34-22-47-42(49-34)37-19-29-18-36(29)53(37)45(56)40(24(3)4)51-46(57)59-6/h10-16,22-24,29-30,32,35-38,40H,7-9,17-21H2,1-6H3,(H,47,49)(H,48,50)(H,51,57)/t29-,30-,32+,35-,36-,37+,38+,40+/m1/s1. The van der Waals surface area contributed by atoms with Crippen LogP contribution in [0.3, 0.4) is 0 Å². The van der Waals surface area contributed by atoms with Gasteiger partial charge in [0.2, 0.25) is 11.8 Å². The molecule has 13 heteroatoms. The van der Waals surface area contributed by atoms with Crippen molar-refractivity contribution in [2.24, 2.45) is 29.6 Å². The number of benzene rings is 2. The van der Waals surface area contributed by atoms with Crippen LogP contribution in [0.15, 0.2) is 48.7 Å². The van der Waals surface area contributed by atoms with E-state index in [1.807, 2.05) is 43.7 Å². The van der Waals surface area contributed by atoms with E-state index in [4.69, 9.17) is 19.4 Å². The molecule has 2 aromatic heterocycles. The third-order valence-corrected chi connectivity index (χ3v) is 13.6. The van der Waals surface area contributed by atoms with E-state index in [1.54, 1.807) is 0 Å². The molecule has 3 N–H and O–H groups in total. The van der Waals surface area contributed by atoms with Crippen LogP contribution >= 0.6 is 0 Å². The molecule has 4 fully saturated rings. The number of imidazole rings is 2. The van der Waals surface area contributed by atoms with E-state index >= 15 is 0 Å². The Hall–Kier alpha value is -5.46. The van der Waals surface area contributed by atoms with Crippen LogP contribution in [0.1, 0.15) is 101 Å². The van der Waals surface area contributed by atoms with E-state index in [0.717, 1.165) is 95.9 Å². The first kappa shape index (κ1) is 39.0. The maximum Gasteiger partial charge on any atom is 0.407 e. The number of methoxy groups -OCH3 is 2. The Morgan fingerprint density at radius 2 is 1.44 bits per heavy atom. The predicted molar refractivity (Wildman–Crippen MR) is 220 cm³/mol. The zero-order valence-electron chi connectivity index (χ0n) is 34.8.